The smallest absolute Gasteiger partial charge is 0.257 e. The van der Waals surface area contributed by atoms with Crippen LogP contribution in [0.4, 0.5) is 20.9 Å². The van der Waals surface area contributed by atoms with E-state index in [-0.39, 0.29) is 33.8 Å². The molecule has 0 radical (unpaired) electrons. The maximum Gasteiger partial charge on any atom is 0.257 e. The average molecular weight is 579 g/mol. The number of ether oxygens (including phenoxy) is 1. The number of halogens is 2. The first-order valence-corrected chi connectivity index (χ1v) is 13.6. The van der Waals surface area contributed by atoms with Gasteiger partial charge < -0.3 is 20.7 Å². The Kier molecular flexibility index (Phi) is 7.56. The molecule has 2 amide bonds. The minimum absolute atomic E-state index is 0.00796. The normalized spacial score (nSPS) is 13.0. The minimum atomic E-state index is -1.15. The van der Waals surface area contributed by atoms with Gasteiger partial charge in [-0.3, -0.25) is 9.59 Å². The van der Waals surface area contributed by atoms with E-state index in [1.807, 2.05) is 18.2 Å². The molecule has 0 bridgehead atoms. The highest BCUT2D eigenvalue weighted by Gasteiger charge is 2.30. The van der Waals surface area contributed by atoms with Crippen molar-refractivity contribution in [1.82, 2.24) is 9.97 Å². The molecule has 0 aliphatic heterocycles. The third kappa shape index (κ3) is 6.30. The number of fused-ring (bicyclic) bond motifs is 1. The van der Waals surface area contributed by atoms with E-state index in [2.05, 4.69) is 25.9 Å². The van der Waals surface area contributed by atoms with Crippen molar-refractivity contribution in [3.05, 3.63) is 70.6 Å². The van der Waals surface area contributed by atoms with Gasteiger partial charge in [0.25, 0.3) is 5.91 Å². The molecule has 204 valence electrons. The maximum absolute atomic E-state index is 14.6. The molecular formula is C28H24ClFN6O3S. The fourth-order valence-electron chi connectivity index (χ4n) is 3.74. The summed E-state index contributed by atoms with van der Waals surface area (Å²) < 4.78 is 20.2. The zero-order valence-electron chi connectivity index (χ0n) is 21.5. The Morgan fingerprint density at radius 2 is 1.98 bits per heavy atom. The van der Waals surface area contributed by atoms with Crippen LogP contribution in [0.3, 0.4) is 0 Å². The van der Waals surface area contributed by atoms with Gasteiger partial charge in [0.05, 0.1) is 28.5 Å². The molecule has 0 spiro atoms. The van der Waals surface area contributed by atoms with Crippen LogP contribution in [0.15, 0.2) is 48.5 Å². The van der Waals surface area contributed by atoms with Crippen LogP contribution < -0.4 is 20.7 Å². The first-order chi connectivity index (χ1) is 19.1. The predicted octanol–water partition coefficient (Wildman–Crippen LogP) is 6.38. The Morgan fingerprint density at radius 3 is 2.73 bits per heavy atom. The molecular weight excluding hydrogens is 555 g/mol. The lowest BCUT2D eigenvalue weighted by atomic mass is 10.1. The molecule has 9 nitrogen and oxygen atoms in total. The topological polar surface area (TPSA) is 129 Å². The monoisotopic (exact) mass is 578 g/mol. The van der Waals surface area contributed by atoms with Gasteiger partial charge in [-0.15, -0.1) is 0 Å². The van der Waals surface area contributed by atoms with Gasteiger partial charge >= 0.3 is 0 Å². The summed E-state index contributed by atoms with van der Waals surface area (Å²) in [4.78, 5) is 34.7. The van der Waals surface area contributed by atoms with Crippen molar-refractivity contribution >= 4 is 61.6 Å². The standard InChI is InChI=1S/C28H24ClFN6O3S/c1-28(2,14-31)39-22-5-3-4-18(23(22)29)25(38)34-21-12-16(8-10-19(21)30)32-13-17-9-11-20-26(33-17)40-27(35-20)36-24(37)15-6-7-15/h3-5,8-12,15,32H,6-7,13H2,1-2H3,(H,34,38)(H,35,36,37). The number of amides is 2. The minimum Gasteiger partial charge on any atom is -0.471 e. The first-order valence-electron chi connectivity index (χ1n) is 12.4. The van der Waals surface area contributed by atoms with E-state index in [0.717, 1.165) is 18.5 Å². The van der Waals surface area contributed by atoms with Crippen molar-refractivity contribution in [2.45, 2.75) is 38.8 Å². The van der Waals surface area contributed by atoms with Crippen LogP contribution in [0.2, 0.25) is 5.02 Å². The third-order valence-corrected chi connectivity index (χ3v) is 7.29. The Balaban J connectivity index is 1.26. The van der Waals surface area contributed by atoms with E-state index in [0.29, 0.717) is 27.7 Å². The van der Waals surface area contributed by atoms with Gasteiger partial charge in [0.2, 0.25) is 5.91 Å². The van der Waals surface area contributed by atoms with Crippen molar-refractivity contribution in [2.75, 3.05) is 16.0 Å². The summed E-state index contributed by atoms with van der Waals surface area (Å²) >= 11 is 7.68. The summed E-state index contributed by atoms with van der Waals surface area (Å²) in [7, 11) is 0. The second kappa shape index (κ2) is 11.1. The van der Waals surface area contributed by atoms with Crippen LogP contribution in [-0.2, 0) is 11.3 Å². The number of carbonyl (C=O) groups is 2. The van der Waals surface area contributed by atoms with Crippen molar-refractivity contribution in [2.24, 2.45) is 5.92 Å². The van der Waals surface area contributed by atoms with E-state index in [4.69, 9.17) is 16.3 Å². The van der Waals surface area contributed by atoms with Crippen LogP contribution >= 0.6 is 22.9 Å². The number of rotatable bonds is 9. The zero-order valence-corrected chi connectivity index (χ0v) is 23.1. The fraction of sp³-hybridized carbons (Fsp3) is 0.250. The fourth-order valence-corrected chi connectivity index (χ4v) is 4.85. The quantitative estimate of drug-likeness (QED) is 0.210. The molecule has 1 fully saturated rings. The molecule has 40 heavy (non-hydrogen) atoms. The molecule has 2 aromatic carbocycles. The number of hydrogen-bond donors (Lipinski definition) is 3. The molecule has 1 aliphatic rings. The molecule has 1 aliphatic carbocycles. The summed E-state index contributed by atoms with van der Waals surface area (Å²) in [6, 6.07) is 14.5. The van der Waals surface area contributed by atoms with Gasteiger partial charge in [-0.2, -0.15) is 5.26 Å². The van der Waals surface area contributed by atoms with Crippen LogP contribution in [0.1, 0.15) is 42.7 Å². The highest BCUT2D eigenvalue weighted by Crippen LogP contribution is 2.33. The lowest BCUT2D eigenvalue weighted by molar-refractivity contribution is -0.117. The van der Waals surface area contributed by atoms with Crippen molar-refractivity contribution in [3.8, 4) is 11.8 Å². The zero-order chi connectivity index (χ0) is 28.4. The highest BCUT2D eigenvalue weighted by molar-refractivity contribution is 7.21. The largest absolute Gasteiger partial charge is 0.471 e. The van der Waals surface area contributed by atoms with Crippen LogP contribution in [0, 0.1) is 23.1 Å². The van der Waals surface area contributed by atoms with Gasteiger partial charge in [-0.25, -0.2) is 14.4 Å². The maximum atomic E-state index is 14.6. The molecule has 4 aromatic rings. The van der Waals surface area contributed by atoms with Gasteiger partial charge in [0, 0.05) is 11.6 Å². The molecule has 3 N–H and O–H groups in total. The van der Waals surface area contributed by atoms with Gasteiger partial charge in [0.15, 0.2) is 10.7 Å². The van der Waals surface area contributed by atoms with E-state index in [1.165, 1.54) is 29.5 Å². The van der Waals surface area contributed by atoms with Gasteiger partial charge in [-0.1, -0.05) is 29.0 Å². The molecule has 1 saturated carbocycles. The summed E-state index contributed by atoms with van der Waals surface area (Å²) in [5.41, 5.74) is 0.834. The number of nitriles is 1. The number of nitrogens with one attached hydrogen (secondary N) is 3. The Bertz CT molecular complexity index is 1660. The Morgan fingerprint density at radius 1 is 1.18 bits per heavy atom. The van der Waals surface area contributed by atoms with Crippen LogP contribution in [0.5, 0.6) is 5.75 Å². The van der Waals surface area contributed by atoms with E-state index in [9.17, 15) is 19.2 Å². The number of hydrogen-bond acceptors (Lipinski definition) is 8. The first kappa shape index (κ1) is 27.3. The SMILES string of the molecule is CC(C)(C#N)Oc1cccc(C(=O)Nc2cc(NCc3ccc4nc(NC(=O)C5CC5)sc4n3)ccc2F)c1Cl. The van der Waals surface area contributed by atoms with Crippen LogP contribution in [-0.4, -0.2) is 27.4 Å². The number of pyridine rings is 1. The number of anilines is 3. The third-order valence-electron chi connectivity index (χ3n) is 6.02. The second-order valence-electron chi connectivity index (χ2n) is 9.75. The Labute approximate surface area is 238 Å². The molecule has 12 heteroatoms. The van der Waals surface area contributed by atoms with E-state index >= 15 is 0 Å². The number of carbonyl (C=O) groups excluding carboxylic acids is 2. The number of aromatic nitrogens is 2. The average Bonchev–Trinajstić information content (AvgIpc) is 3.70. The van der Waals surface area contributed by atoms with Gasteiger partial charge in [0.1, 0.15) is 28.0 Å². The molecule has 5 rings (SSSR count). The van der Waals surface area contributed by atoms with Crippen LogP contribution in [0.25, 0.3) is 10.3 Å². The summed E-state index contributed by atoms with van der Waals surface area (Å²) in [5.74, 6) is -1.02. The highest BCUT2D eigenvalue weighted by atomic mass is 35.5. The molecule has 0 unspecified atom stereocenters. The lowest BCUT2D eigenvalue weighted by Gasteiger charge is -2.20. The molecule has 0 atom stereocenters. The predicted molar refractivity (Wildman–Crippen MR) is 152 cm³/mol. The molecule has 2 heterocycles. The molecule has 2 aromatic heterocycles. The second-order valence-corrected chi connectivity index (χ2v) is 11.1. The molecule has 0 saturated heterocycles. The summed E-state index contributed by atoms with van der Waals surface area (Å²) in [6.07, 6.45) is 1.83. The number of nitrogens with zero attached hydrogens (tertiary/aromatic N) is 3. The number of benzene rings is 2. The Hall–Kier alpha value is -4.27. The number of thiazole rings is 1. The van der Waals surface area contributed by atoms with E-state index in [1.54, 1.807) is 32.0 Å². The lowest BCUT2D eigenvalue weighted by Crippen LogP contribution is -2.26. The van der Waals surface area contributed by atoms with Gasteiger partial charge in [-0.05, 0) is 69.2 Å². The van der Waals surface area contributed by atoms with Crippen molar-refractivity contribution < 1.29 is 18.7 Å². The summed E-state index contributed by atoms with van der Waals surface area (Å²) in [6.45, 7) is 3.47. The summed E-state index contributed by atoms with van der Waals surface area (Å²) in [5, 5.41) is 18.3. The van der Waals surface area contributed by atoms with Crippen molar-refractivity contribution in [1.29, 1.82) is 5.26 Å². The van der Waals surface area contributed by atoms with Crippen molar-refractivity contribution in [3.63, 3.8) is 0 Å². The van der Waals surface area contributed by atoms with E-state index < -0.39 is 17.3 Å².